The van der Waals surface area contributed by atoms with Crippen LogP contribution in [0.15, 0.2) is 6.33 Å². The molecule has 0 aromatic carbocycles. The topological polar surface area (TPSA) is 69.7 Å². The third-order valence-corrected chi connectivity index (χ3v) is 3.30. The second-order valence-corrected chi connectivity index (χ2v) is 4.75. The molecule has 1 unspecified atom stereocenters. The standard InChI is InChI=1S/C13H22N6/c1-5-7-9(3)19(4)12-10-11(16-8-15-10)17-13(18-12)14-6-2/h8-9H,5-7H2,1-4H3,(H2,14,15,16,17,18). The Kier molecular flexibility index (Phi) is 4.19. The number of H-pyrrole nitrogens is 1. The molecule has 2 N–H and O–H groups in total. The van der Waals surface area contributed by atoms with E-state index >= 15 is 0 Å². The zero-order valence-electron chi connectivity index (χ0n) is 12.1. The molecule has 2 aromatic rings. The molecule has 0 fully saturated rings. The maximum Gasteiger partial charge on any atom is 0.226 e. The summed E-state index contributed by atoms with van der Waals surface area (Å²) in [5.41, 5.74) is 1.60. The third-order valence-electron chi connectivity index (χ3n) is 3.30. The number of nitrogens with zero attached hydrogens (tertiary/aromatic N) is 4. The van der Waals surface area contributed by atoms with E-state index in [1.54, 1.807) is 6.33 Å². The Labute approximate surface area is 113 Å². The molecule has 0 amide bonds. The molecule has 2 heterocycles. The molecule has 19 heavy (non-hydrogen) atoms. The number of aromatic nitrogens is 4. The first-order valence-electron chi connectivity index (χ1n) is 6.85. The van der Waals surface area contributed by atoms with Crippen LogP contribution in [0.3, 0.4) is 0 Å². The maximum absolute atomic E-state index is 4.60. The first kappa shape index (κ1) is 13.6. The second-order valence-electron chi connectivity index (χ2n) is 4.75. The number of hydrogen-bond acceptors (Lipinski definition) is 5. The number of nitrogens with one attached hydrogen (secondary N) is 2. The van der Waals surface area contributed by atoms with Gasteiger partial charge in [-0.05, 0) is 20.3 Å². The number of rotatable bonds is 6. The molecule has 104 valence electrons. The molecule has 0 aliphatic carbocycles. The van der Waals surface area contributed by atoms with Gasteiger partial charge in [0.1, 0.15) is 5.52 Å². The summed E-state index contributed by atoms with van der Waals surface area (Å²) in [6.07, 6.45) is 3.95. The van der Waals surface area contributed by atoms with Crippen LogP contribution in [0.1, 0.15) is 33.6 Å². The number of aromatic amines is 1. The first-order chi connectivity index (χ1) is 9.17. The van der Waals surface area contributed by atoms with Gasteiger partial charge in [0.2, 0.25) is 5.95 Å². The van der Waals surface area contributed by atoms with Gasteiger partial charge in [0, 0.05) is 19.6 Å². The van der Waals surface area contributed by atoms with E-state index in [1.807, 2.05) is 6.92 Å². The quantitative estimate of drug-likeness (QED) is 0.836. The smallest absolute Gasteiger partial charge is 0.226 e. The van der Waals surface area contributed by atoms with Gasteiger partial charge in [-0.25, -0.2) is 4.98 Å². The number of anilines is 2. The molecule has 0 saturated heterocycles. The van der Waals surface area contributed by atoms with Crippen LogP contribution in [-0.4, -0.2) is 39.6 Å². The average molecular weight is 262 g/mol. The fraction of sp³-hybridized carbons (Fsp3) is 0.615. The molecule has 6 heteroatoms. The van der Waals surface area contributed by atoms with Crippen LogP contribution in [0.2, 0.25) is 0 Å². The van der Waals surface area contributed by atoms with Crippen molar-refractivity contribution < 1.29 is 0 Å². The van der Waals surface area contributed by atoms with Gasteiger partial charge < -0.3 is 15.2 Å². The van der Waals surface area contributed by atoms with E-state index in [2.05, 4.69) is 51.0 Å². The van der Waals surface area contributed by atoms with E-state index in [0.29, 0.717) is 17.6 Å². The lowest BCUT2D eigenvalue weighted by Crippen LogP contribution is -2.30. The normalized spacial score (nSPS) is 12.6. The van der Waals surface area contributed by atoms with E-state index in [-0.39, 0.29) is 0 Å². The molecule has 6 nitrogen and oxygen atoms in total. The van der Waals surface area contributed by atoms with Crippen LogP contribution in [0.25, 0.3) is 11.2 Å². The predicted molar refractivity (Wildman–Crippen MR) is 78.6 cm³/mol. The van der Waals surface area contributed by atoms with Crippen LogP contribution in [0.4, 0.5) is 11.8 Å². The Bertz CT molecular complexity index is 535. The molecule has 2 rings (SSSR count). The lowest BCUT2D eigenvalue weighted by molar-refractivity contribution is 0.612. The molecule has 0 bridgehead atoms. The largest absolute Gasteiger partial charge is 0.355 e. The van der Waals surface area contributed by atoms with Crippen molar-refractivity contribution >= 4 is 22.9 Å². The Morgan fingerprint density at radius 2 is 2.16 bits per heavy atom. The van der Waals surface area contributed by atoms with Gasteiger partial charge >= 0.3 is 0 Å². The zero-order chi connectivity index (χ0) is 13.8. The molecule has 0 radical (unpaired) electrons. The Hall–Kier alpha value is -1.85. The van der Waals surface area contributed by atoms with Gasteiger partial charge in [-0.3, -0.25) is 0 Å². The molecule has 0 aliphatic rings. The van der Waals surface area contributed by atoms with Gasteiger partial charge in [-0.15, -0.1) is 0 Å². The van der Waals surface area contributed by atoms with Crippen molar-refractivity contribution in [1.29, 1.82) is 0 Å². The zero-order valence-corrected chi connectivity index (χ0v) is 12.1. The summed E-state index contributed by atoms with van der Waals surface area (Å²) in [5.74, 6) is 1.53. The highest BCUT2D eigenvalue weighted by Crippen LogP contribution is 2.24. The highest BCUT2D eigenvalue weighted by Gasteiger charge is 2.17. The molecular weight excluding hydrogens is 240 g/mol. The maximum atomic E-state index is 4.60. The van der Waals surface area contributed by atoms with Crippen LogP contribution < -0.4 is 10.2 Å². The SMILES string of the molecule is CCCC(C)N(C)c1nc(NCC)nc2nc[nH]c12. The van der Waals surface area contributed by atoms with E-state index in [4.69, 9.17) is 0 Å². The minimum Gasteiger partial charge on any atom is -0.355 e. The lowest BCUT2D eigenvalue weighted by atomic mass is 10.2. The summed E-state index contributed by atoms with van der Waals surface area (Å²) < 4.78 is 0. The van der Waals surface area contributed by atoms with E-state index in [9.17, 15) is 0 Å². The molecule has 0 aliphatic heterocycles. The highest BCUT2D eigenvalue weighted by molar-refractivity contribution is 5.84. The third kappa shape index (κ3) is 2.77. The number of imidazole rings is 1. The fourth-order valence-corrected chi connectivity index (χ4v) is 2.13. The van der Waals surface area contributed by atoms with Crippen molar-refractivity contribution in [1.82, 2.24) is 19.9 Å². The van der Waals surface area contributed by atoms with Crippen molar-refractivity contribution in [2.24, 2.45) is 0 Å². The van der Waals surface area contributed by atoms with Crippen LogP contribution in [0, 0.1) is 0 Å². The highest BCUT2D eigenvalue weighted by atomic mass is 15.2. The van der Waals surface area contributed by atoms with Gasteiger partial charge in [0.05, 0.1) is 6.33 Å². The van der Waals surface area contributed by atoms with E-state index in [1.165, 1.54) is 0 Å². The van der Waals surface area contributed by atoms with Gasteiger partial charge in [0.15, 0.2) is 11.5 Å². The first-order valence-corrected chi connectivity index (χ1v) is 6.85. The van der Waals surface area contributed by atoms with Crippen LogP contribution in [0.5, 0.6) is 0 Å². The fourth-order valence-electron chi connectivity index (χ4n) is 2.13. The minimum absolute atomic E-state index is 0.431. The number of fused-ring (bicyclic) bond motifs is 1. The Morgan fingerprint density at radius 1 is 1.37 bits per heavy atom. The predicted octanol–water partition coefficient (Wildman–Crippen LogP) is 2.41. The number of hydrogen-bond donors (Lipinski definition) is 2. The molecule has 1 atom stereocenters. The van der Waals surface area contributed by atoms with Crippen molar-refractivity contribution in [3.05, 3.63) is 6.33 Å². The second kappa shape index (κ2) is 5.86. The van der Waals surface area contributed by atoms with Crippen molar-refractivity contribution in [3.63, 3.8) is 0 Å². The average Bonchev–Trinajstić information content (AvgIpc) is 2.85. The van der Waals surface area contributed by atoms with Crippen molar-refractivity contribution in [2.45, 2.75) is 39.7 Å². The molecular formula is C13H22N6. The summed E-state index contributed by atoms with van der Waals surface area (Å²) >= 11 is 0. The summed E-state index contributed by atoms with van der Waals surface area (Å²) in [4.78, 5) is 18.5. The van der Waals surface area contributed by atoms with E-state index in [0.717, 1.165) is 30.7 Å². The Balaban J connectivity index is 2.41. The van der Waals surface area contributed by atoms with Gasteiger partial charge in [0.25, 0.3) is 0 Å². The Morgan fingerprint density at radius 3 is 2.84 bits per heavy atom. The minimum atomic E-state index is 0.431. The summed E-state index contributed by atoms with van der Waals surface area (Å²) in [5, 5.41) is 3.15. The van der Waals surface area contributed by atoms with Crippen molar-refractivity contribution in [2.75, 3.05) is 23.8 Å². The van der Waals surface area contributed by atoms with Crippen LogP contribution in [-0.2, 0) is 0 Å². The summed E-state index contributed by atoms with van der Waals surface area (Å²) in [6.45, 7) is 7.23. The molecule has 2 aromatic heterocycles. The summed E-state index contributed by atoms with van der Waals surface area (Å²) in [7, 11) is 2.07. The monoisotopic (exact) mass is 262 g/mol. The molecule has 0 spiro atoms. The van der Waals surface area contributed by atoms with Gasteiger partial charge in [-0.2, -0.15) is 9.97 Å². The summed E-state index contributed by atoms with van der Waals surface area (Å²) in [6, 6.07) is 0.431. The van der Waals surface area contributed by atoms with Crippen molar-refractivity contribution in [3.8, 4) is 0 Å². The lowest BCUT2D eigenvalue weighted by Gasteiger charge is -2.26. The molecule has 0 saturated carbocycles. The van der Waals surface area contributed by atoms with Crippen LogP contribution >= 0.6 is 0 Å². The van der Waals surface area contributed by atoms with E-state index < -0.39 is 0 Å². The van der Waals surface area contributed by atoms with Gasteiger partial charge in [-0.1, -0.05) is 13.3 Å².